The Hall–Kier alpha value is -3.77. The number of carbonyl (C=O) groups is 4. The van der Waals surface area contributed by atoms with E-state index in [2.05, 4.69) is 0 Å². The molecule has 0 aliphatic rings. The largest absolute Gasteiger partial charge is 0.478 e. The Morgan fingerprint density at radius 3 is 1.25 bits per heavy atom. The van der Waals surface area contributed by atoms with Gasteiger partial charge in [-0.25, -0.2) is 19.2 Å². The molecule has 0 bridgehead atoms. The standard InChI is InChI=1S/C8H6O7S.C8H6O4/c9-7(10)4-1-2-5(8(11)12)6(3-4)16(13,14)15;9-7(10)5-1-2-6(4-3-5)8(11)12/h1-3H,(H,9,10)(H,11,12)(H,13,14,15);1-4H,(H,9,10)(H,11,12). The van der Waals surface area contributed by atoms with E-state index in [0.29, 0.717) is 6.07 Å². The minimum absolute atomic E-state index is 0.0833. The lowest BCUT2D eigenvalue weighted by Crippen LogP contribution is -2.10. The van der Waals surface area contributed by atoms with Crippen molar-refractivity contribution in [3.05, 3.63) is 64.7 Å². The predicted molar refractivity (Wildman–Crippen MR) is 90.5 cm³/mol. The molecule has 0 saturated carbocycles. The summed E-state index contributed by atoms with van der Waals surface area (Å²) >= 11 is 0. The van der Waals surface area contributed by atoms with Gasteiger partial charge in [-0.3, -0.25) is 4.55 Å². The van der Waals surface area contributed by atoms with Crippen LogP contribution < -0.4 is 0 Å². The van der Waals surface area contributed by atoms with Crippen LogP contribution in [0.3, 0.4) is 0 Å². The zero-order valence-corrected chi connectivity index (χ0v) is 14.5. The molecule has 0 radical (unpaired) electrons. The zero-order chi connectivity index (χ0) is 21.6. The van der Waals surface area contributed by atoms with Gasteiger partial charge >= 0.3 is 23.9 Å². The second kappa shape index (κ2) is 8.75. The molecule has 12 heteroatoms. The van der Waals surface area contributed by atoms with E-state index >= 15 is 0 Å². The van der Waals surface area contributed by atoms with E-state index in [1.165, 1.54) is 24.3 Å². The smallest absolute Gasteiger partial charge is 0.337 e. The lowest BCUT2D eigenvalue weighted by atomic mass is 10.1. The van der Waals surface area contributed by atoms with Gasteiger partial charge in [-0.05, 0) is 42.5 Å². The first-order chi connectivity index (χ1) is 12.8. The van der Waals surface area contributed by atoms with Crippen LogP contribution >= 0.6 is 0 Å². The summed E-state index contributed by atoms with van der Waals surface area (Å²) in [5.74, 6) is -5.13. The Balaban J connectivity index is 0.000000292. The van der Waals surface area contributed by atoms with Gasteiger partial charge in [0.15, 0.2) is 0 Å². The summed E-state index contributed by atoms with van der Waals surface area (Å²) in [6.45, 7) is 0. The molecule has 0 spiro atoms. The summed E-state index contributed by atoms with van der Waals surface area (Å²) in [6.07, 6.45) is 0. The summed E-state index contributed by atoms with van der Waals surface area (Å²) in [5.41, 5.74) is -0.954. The van der Waals surface area contributed by atoms with Crippen LogP contribution in [0.15, 0.2) is 47.4 Å². The normalized spacial score (nSPS) is 10.3. The molecule has 2 rings (SSSR count). The van der Waals surface area contributed by atoms with Crippen LogP contribution in [0.25, 0.3) is 0 Å². The van der Waals surface area contributed by atoms with E-state index in [9.17, 15) is 27.6 Å². The first-order valence-corrected chi connectivity index (χ1v) is 8.43. The Morgan fingerprint density at radius 1 is 0.607 bits per heavy atom. The van der Waals surface area contributed by atoms with E-state index in [4.69, 9.17) is 25.0 Å². The molecule has 0 heterocycles. The van der Waals surface area contributed by atoms with Crippen LogP contribution in [-0.4, -0.2) is 57.3 Å². The zero-order valence-electron chi connectivity index (χ0n) is 13.6. The lowest BCUT2D eigenvalue weighted by Gasteiger charge is -2.03. The Bertz CT molecular complexity index is 1000. The predicted octanol–water partition coefficient (Wildman–Crippen LogP) is 1.41. The molecule has 0 amide bonds. The van der Waals surface area contributed by atoms with Gasteiger partial charge in [-0.15, -0.1) is 0 Å². The lowest BCUT2D eigenvalue weighted by molar-refractivity contribution is 0.0677. The molecular formula is C16H12O11S. The molecule has 148 valence electrons. The van der Waals surface area contributed by atoms with Crippen LogP contribution in [0.5, 0.6) is 0 Å². The maximum atomic E-state index is 10.8. The monoisotopic (exact) mass is 412 g/mol. The second-order valence-corrected chi connectivity index (χ2v) is 6.37. The van der Waals surface area contributed by atoms with E-state index in [-0.39, 0.29) is 11.1 Å². The van der Waals surface area contributed by atoms with Crippen molar-refractivity contribution in [2.45, 2.75) is 4.90 Å². The number of aromatic carboxylic acids is 4. The van der Waals surface area contributed by atoms with E-state index < -0.39 is 50.0 Å². The number of hydrogen-bond acceptors (Lipinski definition) is 6. The van der Waals surface area contributed by atoms with Crippen LogP contribution in [-0.2, 0) is 10.1 Å². The van der Waals surface area contributed by atoms with Gasteiger partial charge in [0.25, 0.3) is 10.1 Å². The second-order valence-electron chi connectivity index (χ2n) is 4.98. The summed E-state index contributed by atoms with van der Waals surface area (Å²) in [5, 5.41) is 34.1. The van der Waals surface area contributed by atoms with Crippen molar-refractivity contribution in [3.63, 3.8) is 0 Å². The maximum Gasteiger partial charge on any atom is 0.337 e. The van der Waals surface area contributed by atoms with Crippen molar-refractivity contribution in [1.82, 2.24) is 0 Å². The fourth-order valence-electron chi connectivity index (χ4n) is 1.80. The molecule has 28 heavy (non-hydrogen) atoms. The third-order valence-electron chi connectivity index (χ3n) is 3.12. The first kappa shape index (κ1) is 22.3. The van der Waals surface area contributed by atoms with Gasteiger partial charge < -0.3 is 20.4 Å². The average molecular weight is 412 g/mol. The number of hydrogen-bond donors (Lipinski definition) is 5. The van der Waals surface area contributed by atoms with Gasteiger partial charge in [-0.1, -0.05) is 0 Å². The number of carboxylic acid groups (broad SMARTS) is 4. The van der Waals surface area contributed by atoms with Crippen molar-refractivity contribution in [2.24, 2.45) is 0 Å². The van der Waals surface area contributed by atoms with Gasteiger partial charge in [-0.2, -0.15) is 8.42 Å². The molecule has 0 aromatic heterocycles. The summed E-state index contributed by atoms with van der Waals surface area (Å²) in [6, 6.07) is 7.34. The van der Waals surface area contributed by atoms with Crippen molar-refractivity contribution in [2.75, 3.05) is 0 Å². The minimum Gasteiger partial charge on any atom is -0.478 e. The molecule has 11 nitrogen and oxygen atoms in total. The Kier molecular flexibility index (Phi) is 6.96. The van der Waals surface area contributed by atoms with Crippen LogP contribution in [0.1, 0.15) is 41.4 Å². The van der Waals surface area contributed by atoms with Crippen LogP contribution in [0.2, 0.25) is 0 Å². The van der Waals surface area contributed by atoms with Crippen molar-refractivity contribution < 1.29 is 52.6 Å². The van der Waals surface area contributed by atoms with Crippen LogP contribution in [0.4, 0.5) is 0 Å². The summed E-state index contributed by atoms with van der Waals surface area (Å²) in [4.78, 5) is 40.9. The summed E-state index contributed by atoms with van der Waals surface area (Å²) in [7, 11) is -4.78. The highest BCUT2D eigenvalue weighted by atomic mass is 32.2. The highest BCUT2D eigenvalue weighted by molar-refractivity contribution is 7.86. The van der Waals surface area contributed by atoms with E-state index in [1.54, 1.807) is 0 Å². The van der Waals surface area contributed by atoms with Crippen molar-refractivity contribution >= 4 is 34.0 Å². The molecule has 2 aromatic carbocycles. The summed E-state index contributed by atoms with van der Waals surface area (Å²) < 4.78 is 30.4. The maximum absolute atomic E-state index is 10.8. The van der Waals surface area contributed by atoms with Gasteiger partial charge in [0, 0.05) is 0 Å². The molecule has 2 aromatic rings. The molecule has 0 aliphatic carbocycles. The highest BCUT2D eigenvalue weighted by Gasteiger charge is 2.21. The Morgan fingerprint density at radius 2 is 0.964 bits per heavy atom. The third-order valence-corrected chi connectivity index (χ3v) is 4.01. The van der Waals surface area contributed by atoms with Crippen molar-refractivity contribution in [3.8, 4) is 0 Å². The van der Waals surface area contributed by atoms with Gasteiger partial charge in [0.1, 0.15) is 4.90 Å². The molecule has 0 saturated heterocycles. The van der Waals surface area contributed by atoms with E-state index in [0.717, 1.165) is 12.1 Å². The van der Waals surface area contributed by atoms with Crippen LogP contribution in [0, 0.1) is 0 Å². The molecular weight excluding hydrogens is 400 g/mol. The SMILES string of the molecule is O=C(O)c1ccc(C(=O)O)c(S(=O)(=O)O)c1.O=C(O)c1ccc(C(=O)O)cc1. The molecule has 0 atom stereocenters. The minimum atomic E-state index is -4.78. The number of carboxylic acids is 4. The average Bonchev–Trinajstić information content (AvgIpc) is 2.60. The third kappa shape index (κ3) is 5.89. The topological polar surface area (TPSA) is 204 Å². The quantitative estimate of drug-likeness (QED) is 0.444. The molecule has 0 fully saturated rings. The Labute approximate surface area is 156 Å². The van der Waals surface area contributed by atoms with Gasteiger partial charge in [0.05, 0.1) is 22.3 Å². The number of benzene rings is 2. The van der Waals surface area contributed by atoms with E-state index in [1.807, 2.05) is 0 Å². The molecule has 5 N–H and O–H groups in total. The molecule has 0 aliphatic heterocycles. The fraction of sp³-hybridized carbons (Fsp3) is 0. The number of rotatable bonds is 5. The molecule has 0 unspecified atom stereocenters. The van der Waals surface area contributed by atoms with Gasteiger partial charge in [0.2, 0.25) is 0 Å². The van der Waals surface area contributed by atoms with Crippen molar-refractivity contribution in [1.29, 1.82) is 0 Å². The fourth-order valence-corrected chi connectivity index (χ4v) is 2.51. The highest BCUT2D eigenvalue weighted by Crippen LogP contribution is 2.17. The first-order valence-electron chi connectivity index (χ1n) is 6.99.